The zero-order chi connectivity index (χ0) is 14.9. The van der Waals surface area contributed by atoms with Crippen molar-refractivity contribution in [2.24, 2.45) is 0 Å². The van der Waals surface area contributed by atoms with Gasteiger partial charge >= 0.3 is 6.18 Å². The van der Waals surface area contributed by atoms with Gasteiger partial charge in [-0.2, -0.15) is 13.2 Å². The smallest absolute Gasteiger partial charge is 0.384 e. The second-order valence-corrected chi connectivity index (χ2v) is 4.83. The molecule has 3 nitrogen and oxygen atoms in total. The van der Waals surface area contributed by atoms with Crippen molar-refractivity contribution in [3.05, 3.63) is 46.2 Å². The summed E-state index contributed by atoms with van der Waals surface area (Å²) in [7, 11) is 0. The summed E-state index contributed by atoms with van der Waals surface area (Å²) >= 11 is 3.14. The van der Waals surface area contributed by atoms with Crippen LogP contribution >= 0.6 is 15.9 Å². The van der Waals surface area contributed by atoms with Crippen LogP contribution in [0.15, 0.2) is 34.8 Å². The Hall–Kier alpha value is -1.83. The van der Waals surface area contributed by atoms with E-state index in [0.717, 1.165) is 6.07 Å². The number of nitrogen functional groups attached to an aromatic ring is 1. The Labute approximate surface area is 119 Å². The fraction of sp³-hybridized carbons (Fsp3) is 0.0833. The monoisotopic (exact) mass is 349 g/mol. The highest BCUT2D eigenvalue weighted by Gasteiger charge is 2.31. The fourth-order valence-electron chi connectivity index (χ4n) is 1.51. The predicted octanol–water partition coefficient (Wildman–Crippen LogP) is 4.33. The van der Waals surface area contributed by atoms with Crippen LogP contribution in [-0.4, -0.2) is 4.98 Å². The van der Waals surface area contributed by atoms with Gasteiger partial charge in [-0.3, -0.25) is 0 Å². The quantitative estimate of drug-likeness (QED) is 0.793. The van der Waals surface area contributed by atoms with Crippen molar-refractivity contribution in [3.63, 3.8) is 0 Å². The number of alkyl halides is 3. The van der Waals surface area contributed by atoms with Gasteiger partial charge in [0, 0.05) is 4.47 Å². The topological polar surface area (TPSA) is 50.9 Å². The van der Waals surface area contributed by atoms with E-state index < -0.39 is 17.6 Å². The maximum Gasteiger partial charge on any atom is 0.416 e. The van der Waals surface area contributed by atoms with Crippen LogP contribution in [0, 0.1) is 5.82 Å². The maximum atomic E-state index is 13.5. The van der Waals surface area contributed by atoms with Crippen molar-refractivity contribution in [3.8, 4) is 0 Å². The number of nitrogens with zero attached hydrogens (tertiary/aromatic N) is 1. The lowest BCUT2D eigenvalue weighted by Crippen LogP contribution is -2.08. The van der Waals surface area contributed by atoms with E-state index in [1.54, 1.807) is 0 Å². The maximum absolute atomic E-state index is 13.5. The largest absolute Gasteiger partial charge is 0.416 e. The molecule has 0 atom stereocenters. The average Bonchev–Trinajstić information content (AvgIpc) is 2.32. The van der Waals surface area contributed by atoms with Crippen LogP contribution in [0.1, 0.15) is 5.56 Å². The molecule has 0 aliphatic rings. The molecule has 0 fully saturated rings. The molecular formula is C12H8BrF4N3. The second kappa shape index (κ2) is 5.28. The van der Waals surface area contributed by atoms with Gasteiger partial charge in [-0.1, -0.05) is 15.9 Å². The molecule has 0 saturated carbocycles. The SMILES string of the molecule is Nc1cc(C(F)(F)F)cc(Nc2cc(Br)ccc2F)n1. The average molecular weight is 350 g/mol. The number of hydrogen-bond donors (Lipinski definition) is 2. The van der Waals surface area contributed by atoms with Gasteiger partial charge in [-0.25, -0.2) is 9.37 Å². The zero-order valence-corrected chi connectivity index (χ0v) is 11.4. The molecule has 0 spiro atoms. The molecule has 0 aliphatic carbocycles. The number of aromatic nitrogens is 1. The number of nitrogens with one attached hydrogen (secondary N) is 1. The first-order valence-corrected chi connectivity index (χ1v) is 6.12. The molecular weight excluding hydrogens is 342 g/mol. The van der Waals surface area contributed by atoms with Crippen LogP contribution in [-0.2, 0) is 6.18 Å². The van der Waals surface area contributed by atoms with E-state index in [4.69, 9.17) is 5.73 Å². The van der Waals surface area contributed by atoms with Crippen LogP contribution in [0.5, 0.6) is 0 Å². The number of halogens is 5. The standard InChI is InChI=1S/C12H8BrF4N3/c13-7-1-2-8(14)9(5-7)19-11-4-6(12(15,16)17)3-10(18)20-11/h1-5H,(H3,18,19,20). The molecule has 2 aromatic rings. The Morgan fingerprint density at radius 3 is 2.50 bits per heavy atom. The third-order valence-corrected chi connectivity index (χ3v) is 2.86. The van der Waals surface area contributed by atoms with Gasteiger partial charge in [0.2, 0.25) is 0 Å². The van der Waals surface area contributed by atoms with Gasteiger partial charge in [0.15, 0.2) is 0 Å². The lowest BCUT2D eigenvalue weighted by atomic mass is 10.2. The van der Waals surface area contributed by atoms with Gasteiger partial charge < -0.3 is 11.1 Å². The lowest BCUT2D eigenvalue weighted by molar-refractivity contribution is -0.137. The molecule has 0 aliphatic heterocycles. The van der Waals surface area contributed by atoms with E-state index in [1.807, 2.05) is 0 Å². The summed E-state index contributed by atoms with van der Waals surface area (Å²) in [4.78, 5) is 3.70. The number of nitrogens with two attached hydrogens (primary N) is 1. The molecule has 1 aromatic heterocycles. The number of hydrogen-bond acceptors (Lipinski definition) is 3. The fourth-order valence-corrected chi connectivity index (χ4v) is 1.87. The first kappa shape index (κ1) is 14.6. The Morgan fingerprint density at radius 1 is 1.15 bits per heavy atom. The van der Waals surface area contributed by atoms with Crippen molar-refractivity contribution >= 4 is 33.3 Å². The third kappa shape index (κ3) is 3.38. The van der Waals surface area contributed by atoms with Crippen LogP contribution in [0.3, 0.4) is 0 Å². The van der Waals surface area contributed by atoms with E-state index in [0.29, 0.717) is 10.5 Å². The van der Waals surface area contributed by atoms with Crippen LogP contribution in [0.4, 0.5) is 34.9 Å². The second-order valence-electron chi connectivity index (χ2n) is 3.91. The van der Waals surface area contributed by atoms with Gasteiger partial charge in [0.1, 0.15) is 17.5 Å². The number of pyridine rings is 1. The summed E-state index contributed by atoms with van der Waals surface area (Å²) in [6.07, 6.45) is -4.55. The zero-order valence-electron chi connectivity index (χ0n) is 9.80. The van der Waals surface area contributed by atoms with Gasteiger partial charge in [0.25, 0.3) is 0 Å². The normalized spacial score (nSPS) is 11.4. The van der Waals surface area contributed by atoms with Crippen molar-refractivity contribution in [2.75, 3.05) is 11.1 Å². The lowest BCUT2D eigenvalue weighted by Gasteiger charge is -2.12. The van der Waals surface area contributed by atoms with Crippen molar-refractivity contribution in [2.45, 2.75) is 6.18 Å². The number of anilines is 3. The van der Waals surface area contributed by atoms with Crippen molar-refractivity contribution in [1.82, 2.24) is 4.98 Å². The van der Waals surface area contributed by atoms with E-state index >= 15 is 0 Å². The minimum absolute atomic E-state index is 0.00870. The third-order valence-electron chi connectivity index (χ3n) is 2.36. The van der Waals surface area contributed by atoms with E-state index in [1.165, 1.54) is 18.2 Å². The molecule has 2 rings (SSSR count). The van der Waals surface area contributed by atoms with Crippen LogP contribution < -0.4 is 11.1 Å². The highest BCUT2D eigenvalue weighted by molar-refractivity contribution is 9.10. The van der Waals surface area contributed by atoms with Gasteiger partial charge in [-0.15, -0.1) is 0 Å². The molecule has 0 amide bonds. The molecule has 0 bridgehead atoms. The van der Waals surface area contributed by atoms with Crippen LogP contribution in [0.25, 0.3) is 0 Å². The highest BCUT2D eigenvalue weighted by atomic mass is 79.9. The summed E-state index contributed by atoms with van der Waals surface area (Å²) in [5, 5.41) is 2.47. The number of rotatable bonds is 2. The molecule has 8 heteroatoms. The summed E-state index contributed by atoms with van der Waals surface area (Å²) < 4.78 is 52.0. The van der Waals surface area contributed by atoms with E-state index in [2.05, 4.69) is 26.2 Å². The molecule has 3 N–H and O–H groups in total. The first-order chi connectivity index (χ1) is 9.25. The van der Waals surface area contributed by atoms with Crippen molar-refractivity contribution in [1.29, 1.82) is 0 Å². The van der Waals surface area contributed by atoms with Gasteiger partial charge in [-0.05, 0) is 30.3 Å². The first-order valence-electron chi connectivity index (χ1n) is 5.32. The Bertz CT molecular complexity index is 643. The molecule has 0 unspecified atom stereocenters. The summed E-state index contributed by atoms with van der Waals surface area (Å²) in [6.45, 7) is 0. The predicted molar refractivity (Wildman–Crippen MR) is 71.0 cm³/mol. The van der Waals surface area contributed by atoms with Gasteiger partial charge in [0.05, 0.1) is 11.3 Å². The highest BCUT2D eigenvalue weighted by Crippen LogP contribution is 2.32. The minimum Gasteiger partial charge on any atom is -0.384 e. The molecule has 106 valence electrons. The molecule has 0 saturated heterocycles. The molecule has 1 aromatic carbocycles. The minimum atomic E-state index is -4.55. The molecule has 20 heavy (non-hydrogen) atoms. The summed E-state index contributed by atoms with van der Waals surface area (Å²) in [5.74, 6) is -1.11. The van der Waals surface area contributed by atoms with E-state index in [9.17, 15) is 17.6 Å². The van der Waals surface area contributed by atoms with Crippen molar-refractivity contribution < 1.29 is 17.6 Å². The van der Waals surface area contributed by atoms with Crippen LogP contribution in [0.2, 0.25) is 0 Å². The number of benzene rings is 1. The Balaban J connectivity index is 2.39. The summed E-state index contributed by atoms with van der Waals surface area (Å²) in [5.41, 5.74) is 4.36. The molecule has 1 heterocycles. The molecule has 0 radical (unpaired) electrons. The Kier molecular flexibility index (Phi) is 3.85. The summed E-state index contributed by atoms with van der Waals surface area (Å²) in [6, 6.07) is 5.49. The van der Waals surface area contributed by atoms with E-state index in [-0.39, 0.29) is 17.3 Å². The Morgan fingerprint density at radius 2 is 1.85 bits per heavy atom.